The lowest BCUT2D eigenvalue weighted by molar-refractivity contribution is -0.137. The SMILES string of the molecule is N#Cc1nn(CC(F)F)c2cc(NC(=O)c3cc(F)cc(C(F)(F)F)c3)c3c(c12)C(=O)N[C@H]3c1cc(F)ccc1Cl. The maximum atomic E-state index is 14.2. The summed E-state index contributed by atoms with van der Waals surface area (Å²) in [7, 11) is 0. The second kappa shape index (κ2) is 10.1. The van der Waals surface area contributed by atoms with Crippen LogP contribution >= 0.6 is 11.6 Å². The number of nitrogens with zero attached hydrogens (tertiary/aromatic N) is 3. The Bertz CT molecular complexity index is 1800. The third-order valence-electron chi connectivity index (χ3n) is 6.29. The minimum absolute atomic E-state index is 0.0113. The van der Waals surface area contributed by atoms with Gasteiger partial charge in [-0.3, -0.25) is 14.3 Å². The summed E-state index contributed by atoms with van der Waals surface area (Å²) in [5.41, 5.74) is -3.44. The number of anilines is 1. The van der Waals surface area contributed by atoms with Crippen molar-refractivity contribution in [3.05, 3.63) is 92.6 Å². The van der Waals surface area contributed by atoms with E-state index in [4.69, 9.17) is 11.6 Å². The van der Waals surface area contributed by atoms with Gasteiger partial charge in [0.2, 0.25) is 0 Å². The van der Waals surface area contributed by atoms with Gasteiger partial charge in [-0.05, 0) is 42.5 Å². The second-order valence-electron chi connectivity index (χ2n) is 8.89. The molecule has 2 amide bonds. The highest BCUT2D eigenvalue weighted by molar-refractivity contribution is 6.31. The summed E-state index contributed by atoms with van der Waals surface area (Å²) in [4.78, 5) is 26.4. The number of halogens is 8. The molecule has 1 aromatic heterocycles. The van der Waals surface area contributed by atoms with Crippen LogP contribution in [0.3, 0.4) is 0 Å². The molecule has 2 N–H and O–H groups in total. The number of hydrogen-bond acceptors (Lipinski definition) is 4. The summed E-state index contributed by atoms with van der Waals surface area (Å²) in [6.45, 7) is -1.01. The highest BCUT2D eigenvalue weighted by atomic mass is 35.5. The first-order valence-electron chi connectivity index (χ1n) is 11.5. The van der Waals surface area contributed by atoms with Crippen LogP contribution < -0.4 is 10.6 Å². The molecule has 0 aliphatic carbocycles. The third kappa shape index (κ3) is 5.04. The molecule has 4 aromatic rings. The zero-order chi connectivity index (χ0) is 29.8. The van der Waals surface area contributed by atoms with Crippen LogP contribution in [0, 0.1) is 23.0 Å². The van der Waals surface area contributed by atoms with Gasteiger partial charge < -0.3 is 10.6 Å². The monoisotopic (exact) mass is 595 g/mol. The number of carbonyl (C=O) groups excluding carboxylic acids is 2. The van der Waals surface area contributed by atoms with E-state index >= 15 is 0 Å². The van der Waals surface area contributed by atoms with Gasteiger partial charge >= 0.3 is 6.18 Å². The topological polar surface area (TPSA) is 99.8 Å². The Morgan fingerprint density at radius 3 is 2.54 bits per heavy atom. The van der Waals surface area contributed by atoms with Crippen LogP contribution in [0.4, 0.5) is 36.4 Å². The summed E-state index contributed by atoms with van der Waals surface area (Å²) < 4.78 is 95.3. The second-order valence-corrected chi connectivity index (χ2v) is 9.30. The van der Waals surface area contributed by atoms with Crippen molar-refractivity contribution in [2.75, 3.05) is 5.32 Å². The van der Waals surface area contributed by atoms with Crippen molar-refractivity contribution in [3.63, 3.8) is 0 Å². The predicted molar refractivity (Wildman–Crippen MR) is 131 cm³/mol. The third-order valence-corrected chi connectivity index (χ3v) is 6.64. The number of fused-ring (bicyclic) bond motifs is 3. The molecule has 2 heterocycles. The molecule has 0 bridgehead atoms. The molecule has 0 radical (unpaired) electrons. The molecule has 0 spiro atoms. The van der Waals surface area contributed by atoms with Gasteiger partial charge in [-0.1, -0.05) is 11.6 Å². The molecule has 3 aromatic carbocycles. The minimum atomic E-state index is -4.98. The number of nitriles is 1. The predicted octanol–water partition coefficient (Wildman–Crippen LogP) is 6.21. The highest BCUT2D eigenvalue weighted by Crippen LogP contribution is 2.44. The smallest absolute Gasteiger partial charge is 0.341 e. The lowest BCUT2D eigenvalue weighted by Gasteiger charge is -2.19. The quantitative estimate of drug-likeness (QED) is 0.268. The first-order chi connectivity index (χ1) is 19.3. The fourth-order valence-electron chi connectivity index (χ4n) is 4.66. The first-order valence-corrected chi connectivity index (χ1v) is 11.9. The fourth-order valence-corrected chi connectivity index (χ4v) is 4.89. The fraction of sp³-hybridized carbons (Fsp3) is 0.154. The van der Waals surface area contributed by atoms with Crippen LogP contribution in [-0.2, 0) is 12.7 Å². The van der Waals surface area contributed by atoms with Crippen molar-refractivity contribution < 1.29 is 40.3 Å². The van der Waals surface area contributed by atoms with Crippen LogP contribution in [0.5, 0.6) is 0 Å². The first kappa shape index (κ1) is 27.9. The Hall–Kier alpha value is -4.64. The molecule has 0 unspecified atom stereocenters. The van der Waals surface area contributed by atoms with Gasteiger partial charge in [0.1, 0.15) is 24.2 Å². The van der Waals surface area contributed by atoms with Gasteiger partial charge in [0.05, 0.1) is 28.1 Å². The van der Waals surface area contributed by atoms with Crippen LogP contribution in [0.15, 0.2) is 42.5 Å². The zero-order valence-corrected chi connectivity index (χ0v) is 20.8. The van der Waals surface area contributed by atoms with E-state index in [-0.39, 0.29) is 44.4 Å². The average Bonchev–Trinajstić information content (AvgIpc) is 3.41. The van der Waals surface area contributed by atoms with E-state index in [1.807, 2.05) is 0 Å². The van der Waals surface area contributed by atoms with Crippen molar-refractivity contribution in [1.82, 2.24) is 15.1 Å². The number of benzene rings is 3. The van der Waals surface area contributed by atoms with E-state index in [9.17, 15) is 45.6 Å². The van der Waals surface area contributed by atoms with Crippen molar-refractivity contribution in [3.8, 4) is 6.07 Å². The van der Waals surface area contributed by atoms with Crippen LogP contribution in [0.1, 0.15) is 49.1 Å². The van der Waals surface area contributed by atoms with E-state index in [1.54, 1.807) is 6.07 Å². The Morgan fingerprint density at radius 2 is 1.88 bits per heavy atom. The summed E-state index contributed by atoms with van der Waals surface area (Å²) in [5.74, 6) is -4.22. The zero-order valence-electron chi connectivity index (χ0n) is 20.1. The molecule has 1 aliphatic heterocycles. The van der Waals surface area contributed by atoms with E-state index in [2.05, 4.69) is 15.7 Å². The maximum Gasteiger partial charge on any atom is 0.416 e. The van der Waals surface area contributed by atoms with Crippen molar-refractivity contribution >= 4 is 40.0 Å². The Morgan fingerprint density at radius 1 is 1.15 bits per heavy atom. The Labute approximate surface area is 230 Å². The van der Waals surface area contributed by atoms with Gasteiger partial charge in [-0.2, -0.15) is 23.5 Å². The number of hydrogen-bond donors (Lipinski definition) is 2. The lowest BCUT2D eigenvalue weighted by Crippen LogP contribution is -2.21. The van der Waals surface area contributed by atoms with Crippen molar-refractivity contribution in [1.29, 1.82) is 5.26 Å². The molecular formula is C26H13ClF7N5O2. The maximum absolute atomic E-state index is 14.2. The van der Waals surface area contributed by atoms with E-state index in [0.29, 0.717) is 12.1 Å². The number of aromatic nitrogens is 2. The molecule has 0 fully saturated rings. The van der Waals surface area contributed by atoms with Gasteiger partial charge in [0, 0.05) is 27.4 Å². The van der Waals surface area contributed by atoms with Crippen LogP contribution in [-0.4, -0.2) is 28.0 Å². The van der Waals surface area contributed by atoms with E-state index < -0.39 is 65.5 Å². The van der Waals surface area contributed by atoms with Gasteiger partial charge in [0.25, 0.3) is 18.2 Å². The number of alkyl halides is 5. The summed E-state index contributed by atoms with van der Waals surface area (Å²) >= 11 is 6.25. The number of amides is 2. The standard InChI is InChI=1S/C26H13ClF7N5O2/c27-15-2-1-12(28)6-14(15)23-21-16(36-24(40)10-3-11(26(32,33)34)5-13(29)4-10)7-18-20(22(21)25(41)37-23)17(8-35)38-39(18)9-19(30)31/h1-7,19,23H,9H2,(H,36,40)(H,37,41)/t23-/m0/s1. The van der Waals surface area contributed by atoms with Gasteiger partial charge in [0.15, 0.2) is 5.69 Å². The highest BCUT2D eigenvalue weighted by Gasteiger charge is 2.38. The Balaban J connectivity index is 1.76. The molecule has 41 heavy (non-hydrogen) atoms. The molecule has 15 heteroatoms. The van der Waals surface area contributed by atoms with Crippen molar-refractivity contribution in [2.24, 2.45) is 0 Å². The van der Waals surface area contributed by atoms with E-state index in [0.717, 1.165) is 22.9 Å². The molecule has 5 rings (SSSR count). The van der Waals surface area contributed by atoms with Gasteiger partial charge in [-0.15, -0.1) is 0 Å². The molecule has 7 nitrogen and oxygen atoms in total. The van der Waals surface area contributed by atoms with Crippen LogP contribution in [0.2, 0.25) is 5.02 Å². The molecule has 210 valence electrons. The van der Waals surface area contributed by atoms with E-state index in [1.165, 1.54) is 6.07 Å². The van der Waals surface area contributed by atoms with Gasteiger partial charge in [-0.25, -0.2) is 17.6 Å². The molecule has 1 aliphatic rings. The normalized spacial score (nSPS) is 14.7. The summed E-state index contributed by atoms with van der Waals surface area (Å²) in [6.07, 6.45) is -7.93. The number of nitrogens with one attached hydrogen (secondary N) is 2. The average molecular weight is 596 g/mol. The Kier molecular flexibility index (Phi) is 6.86. The largest absolute Gasteiger partial charge is 0.416 e. The minimum Gasteiger partial charge on any atom is -0.341 e. The lowest BCUT2D eigenvalue weighted by atomic mass is 9.93. The van der Waals surface area contributed by atoms with Crippen molar-refractivity contribution in [2.45, 2.75) is 25.2 Å². The molecule has 0 saturated carbocycles. The van der Waals surface area contributed by atoms with Crippen LogP contribution in [0.25, 0.3) is 10.9 Å². The molecule has 0 saturated heterocycles. The summed E-state index contributed by atoms with van der Waals surface area (Å²) in [6, 6.07) is 5.92. The molecule has 1 atom stereocenters. The number of carbonyl (C=O) groups is 2. The number of rotatable bonds is 5. The summed E-state index contributed by atoms with van der Waals surface area (Å²) in [5, 5.41) is 18.2. The molecular weight excluding hydrogens is 583 g/mol.